The lowest BCUT2D eigenvalue weighted by Gasteiger charge is -2.25. The fourth-order valence-corrected chi connectivity index (χ4v) is 7.22. The quantitative estimate of drug-likeness (QED) is 0.145. The van der Waals surface area contributed by atoms with Crippen molar-refractivity contribution in [3.63, 3.8) is 0 Å². The van der Waals surface area contributed by atoms with E-state index in [-0.39, 0.29) is 0 Å². The average molecular weight is 676 g/mol. The molecule has 9 rings (SSSR count). The summed E-state index contributed by atoms with van der Waals surface area (Å²) in [5.74, 6) is 0. The van der Waals surface area contributed by atoms with E-state index in [2.05, 4.69) is 229 Å². The summed E-state index contributed by atoms with van der Waals surface area (Å²) in [6, 6.07) is 76.3. The van der Waals surface area contributed by atoms with Gasteiger partial charge in [0.05, 0.1) is 0 Å². The van der Waals surface area contributed by atoms with Crippen LogP contribution in [-0.4, -0.2) is 0 Å². The number of rotatable bonds is 8. The maximum absolute atomic E-state index is 2.32. The van der Waals surface area contributed by atoms with Crippen molar-refractivity contribution in [3.05, 3.63) is 223 Å². The highest BCUT2D eigenvalue weighted by Gasteiger charge is 2.13. The van der Waals surface area contributed by atoms with E-state index < -0.39 is 0 Å². The van der Waals surface area contributed by atoms with Gasteiger partial charge in [0.1, 0.15) is 0 Å². The van der Waals surface area contributed by atoms with Crippen LogP contribution in [0.15, 0.2) is 212 Å². The van der Waals surface area contributed by atoms with Crippen LogP contribution in [0.2, 0.25) is 0 Å². The zero-order valence-electron chi connectivity index (χ0n) is 29.3. The molecule has 0 aliphatic rings. The Hall–Kier alpha value is -6.96. The molecular weight excluding hydrogens is 639 g/mol. The SMILES string of the molecule is C(=C\c1ccc2cc(N(c3ccccc3)c3ccccc3)ccc2c1)/c1ccc2cc(-c3cc(-c4ccccc4)cc(-c4ccccc4)c3)ccc2c1. The van der Waals surface area contributed by atoms with E-state index in [1.54, 1.807) is 0 Å². The van der Waals surface area contributed by atoms with Gasteiger partial charge in [-0.05, 0) is 139 Å². The second-order valence-electron chi connectivity index (χ2n) is 13.5. The molecule has 9 aromatic carbocycles. The fraction of sp³-hybridized carbons (Fsp3) is 0. The molecule has 0 saturated heterocycles. The summed E-state index contributed by atoms with van der Waals surface area (Å²) in [5, 5.41) is 4.89. The van der Waals surface area contributed by atoms with Gasteiger partial charge in [-0.3, -0.25) is 0 Å². The number of nitrogens with zero attached hydrogens (tertiary/aromatic N) is 1. The highest BCUT2D eigenvalue weighted by Crippen LogP contribution is 2.37. The van der Waals surface area contributed by atoms with Gasteiger partial charge in [-0.2, -0.15) is 0 Å². The molecule has 0 unspecified atom stereocenters. The molecule has 0 aliphatic heterocycles. The lowest BCUT2D eigenvalue weighted by Crippen LogP contribution is -2.09. The molecule has 0 N–H and O–H groups in total. The second-order valence-corrected chi connectivity index (χ2v) is 13.5. The van der Waals surface area contributed by atoms with Crippen molar-refractivity contribution >= 4 is 50.8 Å². The molecule has 250 valence electrons. The molecule has 0 heterocycles. The lowest BCUT2D eigenvalue weighted by molar-refractivity contribution is 1.29. The van der Waals surface area contributed by atoms with Gasteiger partial charge in [0, 0.05) is 17.1 Å². The summed E-state index contributed by atoms with van der Waals surface area (Å²) in [6.07, 6.45) is 4.42. The Morgan fingerprint density at radius 3 is 1.15 bits per heavy atom. The van der Waals surface area contributed by atoms with E-state index in [0.717, 1.165) is 17.1 Å². The number of hydrogen-bond donors (Lipinski definition) is 0. The normalized spacial score (nSPS) is 11.3. The summed E-state index contributed by atoms with van der Waals surface area (Å²) in [6.45, 7) is 0. The third-order valence-corrected chi connectivity index (χ3v) is 9.95. The summed E-state index contributed by atoms with van der Waals surface area (Å²) >= 11 is 0. The Kier molecular flexibility index (Phi) is 8.66. The predicted molar refractivity (Wildman–Crippen MR) is 228 cm³/mol. The molecule has 1 nitrogen and oxygen atoms in total. The zero-order chi connectivity index (χ0) is 35.4. The Labute approximate surface area is 311 Å². The standard InChI is InChI=1S/C52H37N/c1-5-13-40(14-6-1)47-34-48(41-15-7-2-8-16-41)36-49(35-47)45-28-27-42-31-38(23-25-44(42)33-45)21-22-39-24-26-46-37-52(30-29-43(46)32-39)53(50-17-9-3-10-18-50)51-19-11-4-12-20-51/h1-37H/b22-21+. The first-order chi connectivity index (χ1) is 26.2. The number of fused-ring (bicyclic) bond motifs is 2. The first-order valence-electron chi connectivity index (χ1n) is 18.2. The number of hydrogen-bond acceptors (Lipinski definition) is 1. The first kappa shape index (κ1) is 32.0. The van der Waals surface area contributed by atoms with E-state index in [1.807, 2.05) is 0 Å². The minimum atomic E-state index is 1.14. The van der Waals surface area contributed by atoms with Crippen LogP contribution in [0.3, 0.4) is 0 Å². The Morgan fingerprint density at radius 1 is 0.245 bits per heavy atom. The van der Waals surface area contributed by atoms with E-state index in [1.165, 1.54) is 66.1 Å². The van der Waals surface area contributed by atoms with Crippen molar-refractivity contribution in [1.29, 1.82) is 0 Å². The number of benzene rings is 9. The van der Waals surface area contributed by atoms with E-state index in [0.29, 0.717) is 0 Å². The van der Waals surface area contributed by atoms with Crippen LogP contribution in [-0.2, 0) is 0 Å². The molecule has 1 heteroatoms. The third-order valence-electron chi connectivity index (χ3n) is 9.95. The third kappa shape index (κ3) is 6.89. The van der Waals surface area contributed by atoms with Crippen molar-refractivity contribution < 1.29 is 0 Å². The molecule has 0 spiro atoms. The molecule has 0 fully saturated rings. The van der Waals surface area contributed by atoms with Crippen LogP contribution in [0.1, 0.15) is 11.1 Å². The fourth-order valence-electron chi connectivity index (χ4n) is 7.22. The average Bonchev–Trinajstić information content (AvgIpc) is 3.24. The van der Waals surface area contributed by atoms with Gasteiger partial charge in [-0.1, -0.05) is 152 Å². The molecule has 0 bridgehead atoms. The van der Waals surface area contributed by atoms with Gasteiger partial charge < -0.3 is 4.90 Å². The maximum atomic E-state index is 2.32. The summed E-state index contributed by atoms with van der Waals surface area (Å²) in [7, 11) is 0. The minimum absolute atomic E-state index is 1.14. The van der Waals surface area contributed by atoms with Crippen molar-refractivity contribution in [2.24, 2.45) is 0 Å². The molecule has 0 radical (unpaired) electrons. The van der Waals surface area contributed by atoms with Crippen LogP contribution in [0, 0.1) is 0 Å². The molecule has 0 amide bonds. The van der Waals surface area contributed by atoms with Crippen molar-refractivity contribution in [2.75, 3.05) is 4.90 Å². The molecule has 53 heavy (non-hydrogen) atoms. The Morgan fingerprint density at radius 2 is 0.642 bits per heavy atom. The topological polar surface area (TPSA) is 3.24 Å². The van der Waals surface area contributed by atoms with Crippen molar-refractivity contribution in [1.82, 2.24) is 0 Å². The lowest BCUT2D eigenvalue weighted by atomic mass is 9.92. The zero-order valence-corrected chi connectivity index (χ0v) is 29.3. The van der Waals surface area contributed by atoms with Crippen LogP contribution in [0.25, 0.3) is 67.1 Å². The molecule has 0 atom stereocenters. The predicted octanol–water partition coefficient (Wildman–Crippen LogP) is 14.6. The van der Waals surface area contributed by atoms with E-state index >= 15 is 0 Å². The van der Waals surface area contributed by atoms with E-state index in [4.69, 9.17) is 0 Å². The molecule has 9 aromatic rings. The van der Waals surface area contributed by atoms with Gasteiger partial charge in [-0.25, -0.2) is 0 Å². The Balaban J connectivity index is 0.984. The van der Waals surface area contributed by atoms with Crippen LogP contribution in [0.5, 0.6) is 0 Å². The summed E-state index contributed by atoms with van der Waals surface area (Å²) in [5.41, 5.74) is 13.1. The molecule has 0 saturated carbocycles. The molecule has 0 aliphatic carbocycles. The number of para-hydroxylation sites is 2. The highest BCUT2D eigenvalue weighted by atomic mass is 15.1. The van der Waals surface area contributed by atoms with Gasteiger partial charge in [0.15, 0.2) is 0 Å². The van der Waals surface area contributed by atoms with Gasteiger partial charge in [0.25, 0.3) is 0 Å². The highest BCUT2D eigenvalue weighted by molar-refractivity contribution is 5.93. The smallest absolute Gasteiger partial charge is 0.0468 e. The van der Waals surface area contributed by atoms with Crippen LogP contribution >= 0.6 is 0 Å². The van der Waals surface area contributed by atoms with Crippen molar-refractivity contribution in [2.45, 2.75) is 0 Å². The molecular formula is C52H37N. The summed E-state index contributed by atoms with van der Waals surface area (Å²) in [4.78, 5) is 2.31. The Bertz CT molecular complexity index is 2600. The minimum Gasteiger partial charge on any atom is -0.310 e. The monoisotopic (exact) mass is 675 g/mol. The molecule has 0 aromatic heterocycles. The number of anilines is 3. The van der Waals surface area contributed by atoms with Crippen molar-refractivity contribution in [3.8, 4) is 33.4 Å². The van der Waals surface area contributed by atoms with Gasteiger partial charge >= 0.3 is 0 Å². The van der Waals surface area contributed by atoms with Crippen LogP contribution in [0.4, 0.5) is 17.1 Å². The maximum Gasteiger partial charge on any atom is 0.0468 e. The van der Waals surface area contributed by atoms with Gasteiger partial charge in [-0.15, -0.1) is 0 Å². The van der Waals surface area contributed by atoms with E-state index in [9.17, 15) is 0 Å². The largest absolute Gasteiger partial charge is 0.310 e. The second kappa shape index (κ2) is 14.3. The first-order valence-corrected chi connectivity index (χ1v) is 18.2. The summed E-state index contributed by atoms with van der Waals surface area (Å²) < 4.78 is 0. The van der Waals surface area contributed by atoms with Crippen LogP contribution < -0.4 is 4.90 Å². The van der Waals surface area contributed by atoms with Gasteiger partial charge in [0.2, 0.25) is 0 Å².